The second-order valence-corrected chi connectivity index (χ2v) is 8.85. The van der Waals surface area contributed by atoms with Gasteiger partial charge in [-0.25, -0.2) is 4.79 Å². The Morgan fingerprint density at radius 3 is 2.61 bits per heavy atom. The number of fused-ring (bicyclic) bond motifs is 1. The predicted octanol–water partition coefficient (Wildman–Crippen LogP) is 6.83. The molecule has 0 spiro atoms. The second kappa shape index (κ2) is 8.59. The van der Waals surface area contributed by atoms with Gasteiger partial charge in [-0.1, -0.05) is 65.2 Å². The minimum absolute atomic E-state index is 0.215. The van der Waals surface area contributed by atoms with Gasteiger partial charge in [0.2, 0.25) is 0 Å². The van der Waals surface area contributed by atoms with E-state index in [9.17, 15) is 4.79 Å². The number of benzene rings is 2. The van der Waals surface area contributed by atoms with Gasteiger partial charge in [0.05, 0.1) is 10.0 Å². The number of amides is 1. The van der Waals surface area contributed by atoms with Crippen LogP contribution in [-0.2, 0) is 4.74 Å². The van der Waals surface area contributed by atoms with Crippen molar-refractivity contribution in [2.45, 2.75) is 45.1 Å². The van der Waals surface area contributed by atoms with Crippen molar-refractivity contribution in [3.63, 3.8) is 0 Å². The fourth-order valence-electron chi connectivity index (χ4n) is 3.45. The summed E-state index contributed by atoms with van der Waals surface area (Å²) in [5.41, 5.74) is 4.42. The molecular formula is C23H25Cl2NO2. The lowest BCUT2D eigenvalue weighted by Crippen LogP contribution is -2.33. The van der Waals surface area contributed by atoms with Crippen molar-refractivity contribution in [2.24, 2.45) is 0 Å². The zero-order valence-corrected chi connectivity index (χ0v) is 17.9. The molecule has 1 N–H and O–H groups in total. The van der Waals surface area contributed by atoms with E-state index in [-0.39, 0.29) is 12.0 Å². The van der Waals surface area contributed by atoms with Crippen molar-refractivity contribution < 1.29 is 9.53 Å². The van der Waals surface area contributed by atoms with Crippen molar-refractivity contribution in [1.29, 1.82) is 0 Å². The average Bonchev–Trinajstić information content (AvgIpc) is 2.62. The highest BCUT2D eigenvalue weighted by Crippen LogP contribution is 2.40. The van der Waals surface area contributed by atoms with Gasteiger partial charge in [-0.2, -0.15) is 0 Å². The highest BCUT2D eigenvalue weighted by molar-refractivity contribution is 6.42. The van der Waals surface area contributed by atoms with Crippen LogP contribution in [-0.4, -0.2) is 18.2 Å². The topological polar surface area (TPSA) is 38.3 Å². The van der Waals surface area contributed by atoms with Gasteiger partial charge >= 0.3 is 6.09 Å². The van der Waals surface area contributed by atoms with Crippen molar-refractivity contribution in [3.8, 4) is 0 Å². The Labute approximate surface area is 176 Å². The summed E-state index contributed by atoms with van der Waals surface area (Å²) >= 11 is 12.4. The van der Waals surface area contributed by atoms with Gasteiger partial charge in [0.15, 0.2) is 0 Å². The zero-order chi connectivity index (χ0) is 20.3. The van der Waals surface area contributed by atoms with Gasteiger partial charge in [0.25, 0.3) is 0 Å². The molecule has 1 unspecified atom stereocenters. The maximum Gasteiger partial charge on any atom is 0.407 e. The Balaban J connectivity index is 1.74. The number of carbonyl (C=O) groups excluding carboxylic acids is 1. The molecule has 1 aliphatic rings. The van der Waals surface area contributed by atoms with Crippen LogP contribution in [0.5, 0.6) is 0 Å². The molecule has 28 heavy (non-hydrogen) atoms. The number of hydrogen-bond donors (Lipinski definition) is 1. The van der Waals surface area contributed by atoms with E-state index in [2.05, 4.69) is 29.6 Å². The highest BCUT2D eigenvalue weighted by atomic mass is 35.5. The van der Waals surface area contributed by atoms with Gasteiger partial charge in [-0.05, 0) is 62.4 Å². The van der Waals surface area contributed by atoms with E-state index >= 15 is 0 Å². The van der Waals surface area contributed by atoms with Crippen LogP contribution in [0.15, 0.2) is 48.0 Å². The number of ether oxygens (including phenoxy) is 1. The Morgan fingerprint density at radius 2 is 1.89 bits per heavy atom. The van der Waals surface area contributed by atoms with Crippen LogP contribution in [0, 0.1) is 0 Å². The molecule has 0 aromatic heterocycles. The third-order valence-corrected chi connectivity index (χ3v) is 5.40. The molecule has 0 heterocycles. The first kappa shape index (κ1) is 20.8. The van der Waals surface area contributed by atoms with Crippen molar-refractivity contribution in [1.82, 2.24) is 5.32 Å². The fraction of sp³-hybridized carbons (Fsp3) is 0.348. The van der Waals surface area contributed by atoms with E-state index in [0.717, 1.165) is 18.4 Å². The van der Waals surface area contributed by atoms with Crippen LogP contribution in [0.2, 0.25) is 10.0 Å². The van der Waals surface area contributed by atoms with Crippen molar-refractivity contribution >= 4 is 35.4 Å². The molecule has 1 aliphatic carbocycles. The standard InChI is InChI=1S/C23H25Cl2NO2/c1-23(2,3)28-22(27)26-11-10-15-12-16-6-4-5-7-18(16)19(13-15)17-8-9-20(24)21(25)14-17/h4-9,12,14,19H,10-11,13H2,1-3H3,(H,26,27). The van der Waals surface area contributed by atoms with Gasteiger partial charge in [-0.3, -0.25) is 0 Å². The minimum atomic E-state index is -0.494. The lowest BCUT2D eigenvalue weighted by Gasteiger charge is -2.27. The molecule has 0 fully saturated rings. The zero-order valence-electron chi connectivity index (χ0n) is 16.4. The summed E-state index contributed by atoms with van der Waals surface area (Å²) in [5.74, 6) is 0.215. The van der Waals surface area contributed by atoms with E-state index in [1.165, 1.54) is 16.7 Å². The lowest BCUT2D eigenvalue weighted by molar-refractivity contribution is 0.0528. The molecule has 0 bridgehead atoms. The molecule has 0 saturated heterocycles. The molecule has 2 aromatic rings. The summed E-state index contributed by atoms with van der Waals surface area (Å²) in [7, 11) is 0. The number of alkyl carbamates (subject to hydrolysis) is 1. The Hall–Kier alpha value is -1.97. The summed E-state index contributed by atoms with van der Waals surface area (Å²) in [6, 6.07) is 14.2. The molecule has 3 rings (SSSR count). The van der Waals surface area contributed by atoms with Crippen LogP contribution in [0.1, 0.15) is 56.2 Å². The van der Waals surface area contributed by atoms with Crippen molar-refractivity contribution in [2.75, 3.05) is 6.54 Å². The Kier molecular flexibility index (Phi) is 6.36. The second-order valence-electron chi connectivity index (χ2n) is 8.04. The van der Waals surface area contributed by atoms with Gasteiger partial charge in [-0.15, -0.1) is 0 Å². The van der Waals surface area contributed by atoms with Crippen LogP contribution >= 0.6 is 23.2 Å². The summed E-state index contributed by atoms with van der Waals surface area (Å²) in [6.45, 7) is 6.11. The molecule has 5 heteroatoms. The number of nitrogens with one attached hydrogen (secondary N) is 1. The first-order chi connectivity index (χ1) is 13.2. The average molecular weight is 418 g/mol. The SMILES string of the molecule is CC(C)(C)OC(=O)NCCC1=Cc2ccccc2C(c2ccc(Cl)c(Cl)c2)C1. The number of rotatable bonds is 4. The molecule has 1 amide bonds. The van der Waals surface area contributed by atoms with Crippen LogP contribution in [0.3, 0.4) is 0 Å². The smallest absolute Gasteiger partial charge is 0.407 e. The molecule has 2 aromatic carbocycles. The summed E-state index contributed by atoms with van der Waals surface area (Å²) in [6.07, 6.45) is 3.49. The van der Waals surface area contributed by atoms with E-state index in [1.54, 1.807) is 0 Å². The monoisotopic (exact) mass is 417 g/mol. The van der Waals surface area contributed by atoms with Gasteiger partial charge in [0, 0.05) is 12.5 Å². The number of halogens is 2. The predicted molar refractivity (Wildman–Crippen MR) is 116 cm³/mol. The molecular weight excluding hydrogens is 393 g/mol. The third-order valence-electron chi connectivity index (χ3n) is 4.66. The van der Waals surface area contributed by atoms with Gasteiger partial charge in [0.1, 0.15) is 5.60 Å². The molecule has 1 atom stereocenters. The molecule has 0 radical (unpaired) electrons. The summed E-state index contributed by atoms with van der Waals surface area (Å²) in [5, 5.41) is 3.97. The molecule has 148 valence electrons. The van der Waals surface area contributed by atoms with E-state index < -0.39 is 5.60 Å². The van der Waals surface area contributed by atoms with E-state index in [4.69, 9.17) is 27.9 Å². The first-order valence-corrected chi connectivity index (χ1v) is 10.2. The fourth-order valence-corrected chi connectivity index (χ4v) is 3.76. The number of hydrogen-bond acceptors (Lipinski definition) is 2. The molecule has 3 nitrogen and oxygen atoms in total. The third kappa shape index (κ3) is 5.30. The van der Waals surface area contributed by atoms with Crippen LogP contribution < -0.4 is 5.32 Å². The largest absolute Gasteiger partial charge is 0.444 e. The number of carbonyl (C=O) groups is 1. The minimum Gasteiger partial charge on any atom is -0.444 e. The Morgan fingerprint density at radius 1 is 1.14 bits per heavy atom. The van der Waals surface area contributed by atoms with Crippen LogP contribution in [0.25, 0.3) is 6.08 Å². The lowest BCUT2D eigenvalue weighted by atomic mass is 9.78. The molecule has 0 saturated carbocycles. The highest BCUT2D eigenvalue weighted by Gasteiger charge is 2.23. The quantitative estimate of drug-likeness (QED) is 0.591. The van der Waals surface area contributed by atoms with Crippen LogP contribution in [0.4, 0.5) is 4.79 Å². The normalized spacial score (nSPS) is 16.2. The van der Waals surface area contributed by atoms with Crippen molar-refractivity contribution in [3.05, 3.63) is 74.8 Å². The first-order valence-electron chi connectivity index (χ1n) is 9.43. The van der Waals surface area contributed by atoms with Gasteiger partial charge < -0.3 is 10.1 Å². The Bertz CT molecular complexity index is 900. The van der Waals surface area contributed by atoms with E-state index in [1.807, 2.05) is 45.0 Å². The summed E-state index contributed by atoms with van der Waals surface area (Å²) in [4.78, 5) is 11.9. The summed E-state index contributed by atoms with van der Waals surface area (Å²) < 4.78 is 5.30. The van der Waals surface area contributed by atoms with E-state index in [0.29, 0.717) is 16.6 Å². The maximum absolute atomic E-state index is 11.9. The molecule has 0 aliphatic heterocycles. The maximum atomic E-state index is 11.9.